The molecular weight excluding hydrogens is 224 g/mol. The third-order valence-corrected chi connectivity index (χ3v) is 3.26. The van der Waals surface area contributed by atoms with E-state index in [1.54, 1.807) is 4.90 Å². The van der Waals surface area contributed by atoms with E-state index in [4.69, 9.17) is 17.3 Å². The van der Waals surface area contributed by atoms with Crippen LogP contribution in [0.5, 0.6) is 0 Å². The first-order chi connectivity index (χ1) is 7.74. The minimum absolute atomic E-state index is 0.143. The van der Waals surface area contributed by atoms with Gasteiger partial charge >= 0.3 is 6.03 Å². The highest BCUT2D eigenvalue weighted by Gasteiger charge is 2.28. The minimum Gasteiger partial charge on any atom is -0.351 e. The number of primary amides is 1. The summed E-state index contributed by atoms with van der Waals surface area (Å²) >= 11 is 5.75. The van der Waals surface area contributed by atoms with Gasteiger partial charge in [0.25, 0.3) is 0 Å². The van der Waals surface area contributed by atoms with Crippen molar-refractivity contribution in [2.24, 2.45) is 5.73 Å². The van der Waals surface area contributed by atoms with Crippen molar-refractivity contribution in [2.45, 2.75) is 25.3 Å². The van der Waals surface area contributed by atoms with Crippen molar-refractivity contribution < 1.29 is 4.79 Å². The highest BCUT2D eigenvalue weighted by atomic mass is 35.5. The van der Waals surface area contributed by atoms with E-state index in [0.717, 1.165) is 24.9 Å². The predicted octanol–water partition coefficient (Wildman–Crippen LogP) is 2.52. The van der Waals surface area contributed by atoms with Gasteiger partial charge in [0.05, 0.1) is 0 Å². The molecule has 1 heterocycles. The van der Waals surface area contributed by atoms with Gasteiger partial charge in [-0.2, -0.15) is 0 Å². The second kappa shape index (κ2) is 4.74. The molecule has 1 atom stereocenters. The second-order valence-corrected chi connectivity index (χ2v) is 4.39. The molecule has 16 heavy (non-hydrogen) atoms. The average Bonchev–Trinajstić information content (AvgIpc) is 2.28. The van der Waals surface area contributed by atoms with Crippen LogP contribution < -0.4 is 10.6 Å². The van der Waals surface area contributed by atoms with Crippen LogP contribution >= 0.6 is 11.6 Å². The van der Waals surface area contributed by atoms with Crippen LogP contribution in [0.4, 0.5) is 10.5 Å². The Morgan fingerprint density at radius 2 is 2.25 bits per heavy atom. The van der Waals surface area contributed by atoms with Crippen LogP contribution in [-0.4, -0.2) is 18.0 Å². The Bertz CT molecular complexity index is 394. The number of para-hydroxylation sites is 1. The molecule has 0 bridgehead atoms. The second-order valence-electron chi connectivity index (χ2n) is 4.01. The summed E-state index contributed by atoms with van der Waals surface area (Å²) < 4.78 is 0. The van der Waals surface area contributed by atoms with E-state index in [1.807, 2.05) is 24.3 Å². The van der Waals surface area contributed by atoms with E-state index in [1.165, 1.54) is 5.56 Å². The van der Waals surface area contributed by atoms with Gasteiger partial charge in [0.2, 0.25) is 0 Å². The maximum absolute atomic E-state index is 11.5. The molecule has 1 aromatic rings. The Labute approximate surface area is 100 Å². The number of rotatable bonds is 2. The minimum atomic E-state index is -0.387. The third-order valence-electron chi connectivity index (χ3n) is 3.04. The maximum atomic E-state index is 11.5. The largest absolute Gasteiger partial charge is 0.351 e. The summed E-state index contributed by atoms with van der Waals surface area (Å²) in [6, 6.07) is 7.66. The fraction of sp³-hybridized carbons (Fsp3) is 0.417. The van der Waals surface area contributed by atoms with Crippen LogP contribution in [0, 0.1) is 0 Å². The van der Waals surface area contributed by atoms with Crippen molar-refractivity contribution in [3.63, 3.8) is 0 Å². The number of nitrogens with zero attached hydrogens (tertiary/aromatic N) is 1. The van der Waals surface area contributed by atoms with Crippen molar-refractivity contribution in [1.29, 1.82) is 0 Å². The summed E-state index contributed by atoms with van der Waals surface area (Å²) in [6.07, 6.45) is 2.72. The molecule has 0 saturated heterocycles. The van der Waals surface area contributed by atoms with Crippen molar-refractivity contribution in [2.75, 3.05) is 10.8 Å². The SMILES string of the molecule is NC(=O)N1c2ccccc2CCC1CCCl. The lowest BCUT2D eigenvalue weighted by Gasteiger charge is -2.35. The average molecular weight is 239 g/mol. The quantitative estimate of drug-likeness (QED) is 0.791. The van der Waals surface area contributed by atoms with Gasteiger partial charge in [0, 0.05) is 17.6 Å². The number of halogens is 1. The lowest BCUT2D eigenvalue weighted by molar-refractivity contribution is 0.250. The molecular formula is C12H15ClN2O. The third kappa shape index (κ3) is 2.00. The molecule has 0 fully saturated rings. The number of benzene rings is 1. The highest BCUT2D eigenvalue weighted by molar-refractivity contribution is 6.17. The van der Waals surface area contributed by atoms with Crippen LogP contribution in [-0.2, 0) is 6.42 Å². The van der Waals surface area contributed by atoms with Crippen LogP contribution in [0.3, 0.4) is 0 Å². The van der Waals surface area contributed by atoms with Gasteiger partial charge in [-0.05, 0) is 30.9 Å². The van der Waals surface area contributed by atoms with E-state index < -0.39 is 0 Å². The van der Waals surface area contributed by atoms with Crippen LogP contribution in [0.15, 0.2) is 24.3 Å². The standard InChI is InChI=1S/C12H15ClN2O/c13-8-7-10-6-5-9-3-1-2-4-11(9)15(10)12(14)16/h1-4,10H,5-8H2,(H2,14,16). The van der Waals surface area contributed by atoms with Crippen molar-refractivity contribution in [3.8, 4) is 0 Å². The lowest BCUT2D eigenvalue weighted by atomic mass is 9.94. The highest BCUT2D eigenvalue weighted by Crippen LogP contribution is 2.31. The molecule has 1 aliphatic rings. The fourth-order valence-corrected chi connectivity index (χ4v) is 2.56. The topological polar surface area (TPSA) is 46.3 Å². The van der Waals surface area contributed by atoms with Crippen molar-refractivity contribution in [1.82, 2.24) is 0 Å². The zero-order chi connectivity index (χ0) is 11.5. The zero-order valence-electron chi connectivity index (χ0n) is 9.03. The number of amides is 2. The first-order valence-corrected chi connectivity index (χ1v) is 6.00. The first-order valence-electron chi connectivity index (χ1n) is 5.46. The number of carbonyl (C=O) groups excluding carboxylic acids is 1. The van der Waals surface area contributed by atoms with E-state index >= 15 is 0 Å². The Morgan fingerprint density at radius 1 is 1.50 bits per heavy atom. The molecule has 3 nitrogen and oxygen atoms in total. The Kier molecular flexibility index (Phi) is 3.34. The molecule has 2 N–H and O–H groups in total. The number of carbonyl (C=O) groups is 1. The van der Waals surface area contributed by atoms with E-state index in [9.17, 15) is 4.79 Å². The summed E-state index contributed by atoms with van der Waals surface area (Å²) in [5.41, 5.74) is 7.57. The van der Waals surface area contributed by atoms with Gasteiger partial charge in [-0.25, -0.2) is 4.79 Å². The van der Waals surface area contributed by atoms with Crippen molar-refractivity contribution in [3.05, 3.63) is 29.8 Å². The molecule has 1 aromatic carbocycles. The monoisotopic (exact) mass is 238 g/mol. The summed E-state index contributed by atoms with van der Waals surface area (Å²) in [7, 11) is 0. The summed E-state index contributed by atoms with van der Waals surface area (Å²) in [4.78, 5) is 13.2. The molecule has 0 spiro atoms. The van der Waals surface area contributed by atoms with Gasteiger partial charge < -0.3 is 5.73 Å². The van der Waals surface area contributed by atoms with E-state index in [2.05, 4.69) is 0 Å². The predicted molar refractivity (Wildman–Crippen MR) is 66.0 cm³/mol. The zero-order valence-corrected chi connectivity index (χ0v) is 9.78. The van der Waals surface area contributed by atoms with Gasteiger partial charge in [0.15, 0.2) is 0 Å². The summed E-state index contributed by atoms with van der Waals surface area (Å²) in [5.74, 6) is 0.552. The molecule has 2 amide bonds. The van der Waals surface area contributed by atoms with E-state index in [0.29, 0.717) is 5.88 Å². The maximum Gasteiger partial charge on any atom is 0.319 e. The number of fused-ring (bicyclic) bond motifs is 1. The molecule has 0 aliphatic carbocycles. The van der Waals surface area contributed by atoms with Gasteiger partial charge in [0.1, 0.15) is 0 Å². The van der Waals surface area contributed by atoms with E-state index in [-0.39, 0.29) is 12.1 Å². The normalized spacial score (nSPS) is 19.3. The first kappa shape index (κ1) is 11.3. The number of hydrogen-bond acceptors (Lipinski definition) is 1. The van der Waals surface area contributed by atoms with Crippen molar-refractivity contribution >= 4 is 23.3 Å². The lowest BCUT2D eigenvalue weighted by Crippen LogP contribution is -2.46. The Hall–Kier alpha value is -1.22. The molecule has 1 unspecified atom stereocenters. The number of nitrogens with two attached hydrogens (primary N) is 1. The van der Waals surface area contributed by atoms with Gasteiger partial charge in [-0.3, -0.25) is 4.90 Å². The summed E-state index contributed by atoms with van der Waals surface area (Å²) in [5, 5.41) is 0. The summed E-state index contributed by atoms with van der Waals surface area (Å²) in [6.45, 7) is 0. The number of alkyl halides is 1. The fourth-order valence-electron chi connectivity index (χ4n) is 2.30. The van der Waals surface area contributed by atoms with Crippen LogP contribution in [0.2, 0.25) is 0 Å². The molecule has 1 aliphatic heterocycles. The van der Waals surface area contributed by atoms with Gasteiger partial charge in [-0.1, -0.05) is 18.2 Å². The number of aryl methyl sites for hydroxylation is 1. The van der Waals surface area contributed by atoms with Gasteiger partial charge in [-0.15, -0.1) is 11.6 Å². The molecule has 0 saturated carbocycles. The van der Waals surface area contributed by atoms with Crippen LogP contribution in [0.25, 0.3) is 0 Å². The number of anilines is 1. The number of hydrogen-bond donors (Lipinski definition) is 1. The molecule has 4 heteroatoms. The number of urea groups is 1. The Morgan fingerprint density at radius 3 is 2.94 bits per heavy atom. The molecule has 86 valence electrons. The molecule has 0 aromatic heterocycles. The smallest absolute Gasteiger partial charge is 0.319 e. The molecule has 0 radical (unpaired) electrons. The van der Waals surface area contributed by atoms with Crippen LogP contribution in [0.1, 0.15) is 18.4 Å². The Balaban J connectivity index is 2.35. The molecule has 2 rings (SSSR count).